The summed E-state index contributed by atoms with van der Waals surface area (Å²) in [5, 5.41) is 9.42. The molecule has 0 spiro atoms. The van der Waals surface area contributed by atoms with Crippen molar-refractivity contribution in [1.82, 2.24) is 15.8 Å². The van der Waals surface area contributed by atoms with E-state index in [0.717, 1.165) is 11.1 Å². The summed E-state index contributed by atoms with van der Waals surface area (Å²) < 4.78 is 0.455. The third-order valence-electron chi connectivity index (χ3n) is 4.64. The number of aromatic hydroxyl groups is 1. The van der Waals surface area contributed by atoms with Crippen LogP contribution >= 0.6 is 24.0 Å². The van der Waals surface area contributed by atoms with Gasteiger partial charge in [-0.15, -0.1) is 0 Å². The molecule has 7 nitrogen and oxygen atoms in total. The number of phenols is 1. The molecule has 33 heavy (non-hydrogen) atoms. The highest BCUT2D eigenvalue weighted by molar-refractivity contribution is 8.26. The summed E-state index contributed by atoms with van der Waals surface area (Å²) in [4.78, 5) is 38.8. The number of amides is 3. The SMILES string of the molecule is CC(/C=C1\SC(=S)N(CCCC(=O)NNC(=O)c2cccc(O)c2)C1=O)=C\c1ccccc1. The molecule has 1 heterocycles. The number of nitrogens with one attached hydrogen (secondary N) is 2. The van der Waals surface area contributed by atoms with Crippen molar-refractivity contribution in [2.45, 2.75) is 19.8 Å². The van der Waals surface area contributed by atoms with Gasteiger partial charge in [0.25, 0.3) is 11.8 Å². The zero-order chi connectivity index (χ0) is 23.8. The number of carbonyl (C=O) groups excluding carboxylic acids is 3. The Morgan fingerprint density at radius 2 is 1.88 bits per heavy atom. The number of hydrazine groups is 1. The first-order valence-electron chi connectivity index (χ1n) is 10.2. The minimum absolute atomic E-state index is 0.0442. The largest absolute Gasteiger partial charge is 0.508 e. The molecular weight excluding hydrogens is 458 g/mol. The van der Waals surface area contributed by atoms with Crippen molar-refractivity contribution in [1.29, 1.82) is 0 Å². The summed E-state index contributed by atoms with van der Waals surface area (Å²) in [6.07, 6.45) is 4.29. The van der Waals surface area contributed by atoms with Gasteiger partial charge in [0, 0.05) is 18.5 Å². The molecule has 1 aliphatic heterocycles. The van der Waals surface area contributed by atoms with Crippen LogP contribution in [0.3, 0.4) is 0 Å². The Morgan fingerprint density at radius 1 is 1.12 bits per heavy atom. The van der Waals surface area contributed by atoms with E-state index in [0.29, 0.717) is 22.2 Å². The predicted octanol–water partition coefficient (Wildman–Crippen LogP) is 3.78. The molecule has 0 aromatic heterocycles. The van der Waals surface area contributed by atoms with E-state index in [1.54, 1.807) is 0 Å². The van der Waals surface area contributed by atoms with E-state index in [9.17, 15) is 19.5 Å². The van der Waals surface area contributed by atoms with Crippen LogP contribution in [0.5, 0.6) is 5.75 Å². The first-order valence-corrected chi connectivity index (χ1v) is 11.4. The Hall–Kier alpha value is -3.43. The van der Waals surface area contributed by atoms with Crippen molar-refractivity contribution < 1.29 is 19.5 Å². The van der Waals surface area contributed by atoms with Crippen molar-refractivity contribution in [3.8, 4) is 5.75 Å². The highest BCUT2D eigenvalue weighted by atomic mass is 32.2. The number of allylic oxidation sites excluding steroid dienone is 2. The Balaban J connectivity index is 1.46. The number of hydrogen-bond acceptors (Lipinski definition) is 6. The molecule has 1 saturated heterocycles. The molecule has 3 rings (SSSR count). The fourth-order valence-electron chi connectivity index (χ4n) is 3.06. The van der Waals surface area contributed by atoms with Crippen molar-refractivity contribution in [2.24, 2.45) is 0 Å². The second-order valence-electron chi connectivity index (χ2n) is 7.29. The van der Waals surface area contributed by atoms with Crippen LogP contribution in [0.2, 0.25) is 0 Å². The lowest BCUT2D eigenvalue weighted by Gasteiger charge is -2.14. The summed E-state index contributed by atoms with van der Waals surface area (Å²) in [6, 6.07) is 15.6. The lowest BCUT2D eigenvalue weighted by Crippen LogP contribution is -2.41. The minimum Gasteiger partial charge on any atom is -0.508 e. The van der Waals surface area contributed by atoms with Crippen LogP contribution in [0.25, 0.3) is 6.08 Å². The summed E-state index contributed by atoms with van der Waals surface area (Å²) in [6.45, 7) is 2.23. The molecule has 9 heteroatoms. The van der Waals surface area contributed by atoms with Crippen LogP contribution in [-0.2, 0) is 9.59 Å². The van der Waals surface area contributed by atoms with Crippen molar-refractivity contribution in [3.05, 3.63) is 82.3 Å². The molecule has 0 atom stereocenters. The number of benzene rings is 2. The highest BCUT2D eigenvalue weighted by Gasteiger charge is 2.31. The van der Waals surface area contributed by atoms with Gasteiger partial charge in [0.15, 0.2) is 0 Å². The first kappa shape index (κ1) is 24.2. The minimum atomic E-state index is -0.541. The van der Waals surface area contributed by atoms with E-state index in [4.69, 9.17) is 12.2 Å². The van der Waals surface area contributed by atoms with Gasteiger partial charge in [-0.3, -0.25) is 30.1 Å². The number of thiocarbonyl (C=S) groups is 1. The number of thioether (sulfide) groups is 1. The number of hydrogen-bond donors (Lipinski definition) is 3. The average Bonchev–Trinajstić information content (AvgIpc) is 3.05. The van der Waals surface area contributed by atoms with Crippen molar-refractivity contribution in [3.63, 3.8) is 0 Å². The molecule has 0 aliphatic carbocycles. The fraction of sp³-hybridized carbons (Fsp3) is 0.167. The monoisotopic (exact) mass is 481 g/mol. The topological polar surface area (TPSA) is 98.7 Å². The third kappa shape index (κ3) is 7.03. The maximum Gasteiger partial charge on any atom is 0.269 e. The average molecular weight is 482 g/mol. The zero-order valence-corrected chi connectivity index (χ0v) is 19.5. The summed E-state index contributed by atoms with van der Waals surface area (Å²) >= 11 is 6.58. The molecule has 170 valence electrons. The number of carbonyl (C=O) groups is 3. The molecule has 2 aromatic carbocycles. The quantitative estimate of drug-likeness (QED) is 0.316. The maximum atomic E-state index is 12.7. The Kier molecular flexibility index (Phi) is 8.39. The molecule has 0 saturated carbocycles. The van der Waals surface area contributed by atoms with E-state index < -0.39 is 11.8 Å². The molecule has 0 unspecified atom stereocenters. The molecule has 3 amide bonds. The lowest BCUT2D eigenvalue weighted by atomic mass is 10.1. The molecule has 0 radical (unpaired) electrons. The Morgan fingerprint density at radius 3 is 2.61 bits per heavy atom. The van der Waals surface area contributed by atoms with Crippen LogP contribution < -0.4 is 10.9 Å². The van der Waals surface area contributed by atoms with E-state index in [1.165, 1.54) is 40.9 Å². The second kappa shape index (κ2) is 11.4. The number of nitrogens with zero attached hydrogens (tertiary/aromatic N) is 1. The normalized spacial score (nSPS) is 15.1. The summed E-state index contributed by atoms with van der Waals surface area (Å²) in [5.41, 5.74) is 6.82. The molecular formula is C24H23N3O4S2. The van der Waals surface area contributed by atoms with Gasteiger partial charge in [0.2, 0.25) is 5.91 Å². The van der Waals surface area contributed by atoms with E-state index >= 15 is 0 Å². The van der Waals surface area contributed by atoms with Gasteiger partial charge in [-0.2, -0.15) is 0 Å². The van der Waals surface area contributed by atoms with Crippen LogP contribution in [0.15, 0.2) is 71.2 Å². The van der Waals surface area contributed by atoms with Gasteiger partial charge in [0.1, 0.15) is 10.1 Å². The molecule has 3 N–H and O–H groups in total. The predicted molar refractivity (Wildman–Crippen MR) is 133 cm³/mol. The standard InChI is InChI=1S/C24H23N3O4S2/c1-16(13-17-7-3-2-4-8-17)14-20-23(31)27(24(32)33-20)12-6-11-21(29)25-26-22(30)18-9-5-10-19(28)15-18/h2-5,7-10,13-15,28H,6,11-12H2,1H3,(H,25,29)(H,26,30)/b16-13+,20-14-. The maximum absolute atomic E-state index is 12.7. The van der Waals surface area contributed by atoms with E-state index in [1.807, 2.05) is 49.4 Å². The first-order chi connectivity index (χ1) is 15.8. The van der Waals surface area contributed by atoms with Crippen molar-refractivity contribution in [2.75, 3.05) is 6.54 Å². The third-order valence-corrected chi connectivity index (χ3v) is 6.01. The van der Waals surface area contributed by atoms with Crippen molar-refractivity contribution >= 4 is 52.1 Å². The number of phenolic OH excluding ortho intramolecular Hbond substituents is 1. The summed E-state index contributed by atoms with van der Waals surface area (Å²) in [7, 11) is 0. The van der Waals surface area contributed by atoms with Gasteiger partial charge in [-0.05, 0) is 48.8 Å². The fourth-order valence-corrected chi connectivity index (χ4v) is 4.42. The number of rotatable bonds is 7. The molecule has 1 fully saturated rings. The molecule has 2 aromatic rings. The van der Waals surface area contributed by atoms with Crippen LogP contribution in [0, 0.1) is 0 Å². The Labute approximate surface area is 201 Å². The highest BCUT2D eigenvalue weighted by Crippen LogP contribution is 2.32. The van der Waals surface area contributed by atoms with Gasteiger partial charge >= 0.3 is 0 Å². The van der Waals surface area contributed by atoms with Crippen LogP contribution in [0.4, 0.5) is 0 Å². The second-order valence-corrected chi connectivity index (χ2v) is 8.96. The van der Waals surface area contributed by atoms with Gasteiger partial charge in [0.05, 0.1) is 4.91 Å². The molecule has 0 bridgehead atoms. The van der Waals surface area contributed by atoms with Gasteiger partial charge in [-0.1, -0.05) is 66.5 Å². The smallest absolute Gasteiger partial charge is 0.269 e. The van der Waals surface area contributed by atoms with E-state index in [-0.39, 0.29) is 23.6 Å². The van der Waals surface area contributed by atoms with E-state index in [2.05, 4.69) is 10.9 Å². The summed E-state index contributed by atoms with van der Waals surface area (Å²) in [5.74, 6) is -1.16. The van der Waals surface area contributed by atoms with Gasteiger partial charge in [-0.25, -0.2) is 0 Å². The van der Waals surface area contributed by atoms with Crippen LogP contribution in [-0.4, -0.2) is 38.6 Å². The van der Waals surface area contributed by atoms with Gasteiger partial charge < -0.3 is 5.11 Å². The lowest BCUT2D eigenvalue weighted by molar-refractivity contribution is -0.124. The zero-order valence-electron chi connectivity index (χ0n) is 17.9. The Bertz CT molecular complexity index is 1130. The molecule has 1 aliphatic rings. The van der Waals surface area contributed by atoms with Crippen LogP contribution in [0.1, 0.15) is 35.7 Å².